The highest BCUT2D eigenvalue weighted by Gasteiger charge is 2.26. The predicted octanol–water partition coefficient (Wildman–Crippen LogP) is 2.42. The van der Waals surface area contributed by atoms with Crippen LogP contribution in [0.3, 0.4) is 0 Å². The minimum atomic E-state index is 0.0893. The van der Waals surface area contributed by atoms with Gasteiger partial charge in [-0.25, -0.2) is 0 Å². The molecule has 0 aromatic heterocycles. The first-order chi connectivity index (χ1) is 8.76. The van der Waals surface area contributed by atoms with E-state index in [0.717, 1.165) is 37.2 Å². The number of hydrogen-bond donors (Lipinski definition) is 2. The number of aliphatic hydroxyl groups excluding tert-OH is 1. The molecule has 0 spiro atoms. The molecule has 2 unspecified atom stereocenters. The molecule has 1 saturated heterocycles. The maximum atomic E-state index is 9.72. The highest BCUT2D eigenvalue weighted by molar-refractivity contribution is 6.30. The number of aliphatic hydroxyl groups is 1. The van der Waals surface area contributed by atoms with Gasteiger partial charge in [-0.1, -0.05) is 11.6 Å². The molecule has 4 heteroatoms. The van der Waals surface area contributed by atoms with Crippen molar-refractivity contribution in [3.05, 3.63) is 28.8 Å². The van der Waals surface area contributed by atoms with Crippen molar-refractivity contribution in [2.45, 2.75) is 18.8 Å². The fourth-order valence-corrected chi connectivity index (χ4v) is 2.90. The van der Waals surface area contributed by atoms with Gasteiger partial charge in [-0.3, -0.25) is 0 Å². The number of ether oxygens (including phenoxy) is 1. The van der Waals surface area contributed by atoms with Crippen molar-refractivity contribution in [1.82, 2.24) is 5.32 Å². The van der Waals surface area contributed by atoms with Crippen LogP contribution in [0.1, 0.15) is 24.3 Å². The van der Waals surface area contributed by atoms with Crippen molar-refractivity contribution in [3.63, 3.8) is 0 Å². The number of piperidine rings is 1. The van der Waals surface area contributed by atoms with Crippen LogP contribution in [-0.2, 0) is 0 Å². The zero-order valence-corrected chi connectivity index (χ0v) is 11.4. The maximum Gasteiger partial charge on any atom is 0.122 e. The number of halogens is 1. The van der Waals surface area contributed by atoms with Crippen LogP contribution in [0.2, 0.25) is 5.02 Å². The van der Waals surface area contributed by atoms with Crippen molar-refractivity contribution in [2.75, 3.05) is 26.8 Å². The molecule has 3 nitrogen and oxygen atoms in total. The van der Waals surface area contributed by atoms with Crippen molar-refractivity contribution < 1.29 is 9.84 Å². The molecule has 0 saturated carbocycles. The van der Waals surface area contributed by atoms with Gasteiger partial charge in [0.25, 0.3) is 0 Å². The number of methoxy groups -OCH3 is 1. The standard InChI is InChI=1S/C14H20ClNO2/c1-18-14-5-4-11(15)7-12(14)13(9-17)10-3-2-6-16-8-10/h4-5,7,10,13,16-17H,2-3,6,8-9H2,1H3. The Hall–Kier alpha value is -0.770. The molecule has 1 aliphatic heterocycles. The zero-order chi connectivity index (χ0) is 13.0. The van der Waals surface area contributed by atoms with E-state index in [2.05, 4.69) is 5.32 Å². The number of nitrogens with one attached hydrogen (secondary N) is 1. The molecule has 0 aliphatic carbocycles. The van der Waals surface area contributed by atoms with Gasteiger partial charge in [0, 0.05) is 16.5 Å². The fraction of sp³-hybridized carbons (Fsp3) is 0.571. The third-order valence-electron chi connectivity index (χ3n) is 3.69. The molecule has 2 atom stereocenters. The number of hydrogen-bond acceptors (Lipinski definition) is 3. The van der Waals surface area contributed by atoms with Gasteiger partial charge < -0.3 is 15.2 Å². The number of benzene rings is 1. The molecule has 1 aliphatic rings. The summed E-state index contributed by atoms with van der Waals surface area (Å²) in [5.74, 6) is 1.34. The summed E-state index contributed by atoms with van der Waals surface area (Å²) in [7, 11) is 1.65. The molecule has 2 N–H and O–H groups in total. The Morgan fingerprint density at radius 2 is 2.39 bits per heavy atom. The van der Waals surface area contributed by atoms with Crippen LogP contribution < -0.4 is 10.1 Å². The van der Waals surface area contributed by atoms with E-state index in [4.69, 9.17) is 16.3 Å². The van der Waals surface area contributed by atoms with Crippen LogP contribution in [0.15, 0.2) is 18.2 Å². The molecule has 100 valence electrons. The first-order valence-corrected chi connectivity index (χ1v) is 6.79. The first kappa shape index (κ1) is 13.7. The highest BCUT2D eigenvalue weighted by Crippen LogP contribution is 2.36. The van der Waals surface area contributed by atoms with Gasteiger partial charge in [-0.05, 0) is 50.0 Å². The van der Waals surface area contributed by atoms with Gasteiger partial charge in [0.15, 0.2) is 0 Å². The van der Waals surface area contributed by atoms with Crippen molar-refractivity contribution >= 4 is 11.6 Å². The molecule has 1 aromatic rings. The minimum absolute atomic E-state index is 0.0893. The lowest BCUT2D eigenvalue weighted by molar-refractivity contribution is 0.201. The second kappa shape index (κ2) is 6.41. The summed E-state index contributed by atoms with van der Waals surface area (Å²) < 4.78 is 5.38. The van der Waals surface area contributed by atoms with E-state index >= 15 is 0 Å². The number of rotatable bonds is 4. The third kappa shape index (κ3) is 2.97. The quantitative estimate of drug-likeness (QED) is 0.882. The van der Waals surface area contributed by atoms with Gasteiger partial charge in [-0.15, -0.1) is 0 Å². The Bertz CT molecular complexity index is 391. The van der Waals surface area contributed by atoms with E-state index < -0.39 is 0 Å². The van der Waals surface area contributed by atoms with Crippen LogP contribution in [0.5, 0.6) is 5.75 Å². The molecule has 1 aromatic carbocycles. The molecule has 1 heterocycles. The van der Waals surface area contributed by atoms with Gasteiger partial charge in [0.2, 0.25) is 0 Å². The molecule has 0 bridgehead atoms. The summed E-state index contributed by atoms with van der Waals surface area (Å²) in [6.07, 6.45) is 2.29. The summed E-state index contributed by atoms with van der Waals surface area (Å²) in [4.78, 5) is 0. The van der Waals surface area contributed by atoms with Crippen molar-refractivity contribution in [3.8, 4) is 5.75 Å². The summed E-state index contributed by atoms with van der Waals surface area (Å²) in [5.41, 5.74) is 1.02. The molecule has 0 amide bonds. The molecule has 1 fully saturated rings. The highest BCUT2D eigenvalue weighted by atomic mass is 35.5. The van der Waals surface area contributed by atoms with E-state index in [1.807, 2.05) is 18.2 Å². The second-order valence-electron chi connectivity index (χ2n) is 4.78. The Morgan fingerprint density at radius 1 is 1.56 bits per heavy atom. The van der Waals surface area contributed by atoms with Crippen LogP contribution in [0.25, 0.3) is 0 Å². The fourth-order valence-electron chi connectivity index (χ4n) is 2.72. The molecule has 18 heavy (non-hydrogen) atoms. The first-order valence-electron chi connectivity index (χ1n) is 6.41. The van der Waals surface area contributed by atoms with E-state index in [9.17, 15) is 5.11 Å². The van der Waals surface area contributed by atoms with Crippen LogP contribution in [0, 0.1) is 5.92 Å². The summed E-state index contributed by atoms with van der Waals surface area (Å²) in [6, 6.07) is 5.60. The Kier molecular flexibility index (Phi) is 4.87. The van der Waals surface area contributed by atoms with Gasteiger partial charge in [0.05, 0.1) is 13.7 Å². The maximum absolute atomic E-state index is 9.72. The molecule has 2 rings (SSSR count). The van der Waals surface area contributed by atoms with Gasteiger partial charge >= 0.3 is 0 Å². The van der Waals surface area contributed by atoms with Gasteiger partial charge in [-0.2, -0.15) is 0 Å². The Morgan fingerprint density at radius 3 is 3.00 bits per heavy atom. The van der Waals surface area contributed by atoms with Crippen molar-refractivity contribution in [2.24, 2.45) is 5.92 Å². The summed E-state index contributed by atoms with van der Waals surface area (Å²) in [5, 5.41) is 13.8. The van der Waals surface area contributed by atoms with E-state index in [1.165, 1.54) is 0 Å². The average molecular weight is 270 g/mol. The Labute approximate surface area is 113 Å². The molecular formula is C14H20ClNO2. The van der Waals surface area contributed by atoms with E-state index in [1.54, 1.807) is 7.11 Å². The topological polar surface area (TPSA) is 41.5 Å². The Balaban J connectivity index is 2.27. The predicted molar refractivity (Wildman–Crippen MR) is 73.4 cm³/mol. The molecular weight excluding hydrogens is 250 g/mol. The molecule has 0 radical (unpaired) electrons. The van der Waals surface area contributed by atoms with Gasteiger partial charge in [0.1, 0.15) is 5.75 Å². The van der Waals surface area contributed by atoms with Crippen LogP contribution >= 0.6 is 11.6 Å². The lowest BCUT2D eigenvalue weighted by Crippen LogP contribution is -2.34. The second-order valence-corrected chi connectivity index (χ2v) is 5.22. The summed E-state index contributed by atoms with van der Waals surface area (Å²) in [6.45, 7) is 2.14. The van der Waals surface area contributed by atoms with E-state index in [-0.39, 0.29) is 12.5 Å². The average Bonchev–Trinajstić information content (AvgIpc) is 2.41. The normalized spacial score (nSPS) is 21.6. The van der Waals surface area contributed by atoms with E-state index in [0.29, 0.717) is 10.9 Å². The van der Waals surface area contributed by atoms with Crippen molar-refractivity contribution in [1.29, 1.82) is 0 Å². The monoisotopic (exact) mass is 269 g/mol. The lowest BCUT2D eigenvalue weighted by Gasteiger charge is -2.30. The largest absolute Gasteiger partial charge is 0.496 e. The third-order valence-corrected chi connectivity index (χ3v) is 3.93. The minimum Gasteiger partial charge on any atom is -0.496 e. The van der Waals surface area contributed by atoms with Crippen LogP contribution in [-0.4, -0.2) is 31.9 Å². The van der Waals surface area contributed by atoms with Crippen LogP contribution in [0.4, 0.5) is 0 Å². The lowest BCUT2D eigenvalue weighted by atomic mass is 9.81. The smallest absolute Gasteiger partial charge is 0.122 e. The zero-order valence-electron chi connectivity index (χ0n) is 10.7. The summed E-state index contributed by atoms with van der Waals surface area (Å²) >= 11 is 6.06. The SMILES string of the molecule is COc1ccc(Cl)cc1C(CO)C1CCCNC1.